The van der Waals surface area contributed by atoms with E-state index in [1.54, 1.807) is 0 Å². The molecule has 0 radical (unpaired) electrons. The molecule has 1 aromatic rings. The molecule has 1 rings (SSSR count). The SMILES string of the molecule is CCCOc1ccc(C(C)S)cc1. The monoisotopic (exact) mass is 196 g/mol. The van der Waals surface area contributed by atoms with E-state index < -0.39 is 0 Å². The molecule has 0 aliphatic rings. The zero-order valence-electron chi connectivity index (χ0n) is 8.16. The Hall–Kier alpha value is -0.630. The van der Waals surface area contributed by atoms with Crippen LogP contribution in [0.25, 0.3) is 0 Å². The fraction of sp³-hybridized carbons (Fsp3) is 0.455. The minimum absolute atomic E-state index is 0.292. The van der Waals surface area contributed by atoms with E-state index in [9.17, 15) is 0 Å². The molecule has 72 valence electrons. The normalized spacial score (nSPS) is 12.5. The molecule has 0 spiro atoms. The van der Waals surface area contributed by atoms with Gasteiger partial charge < -0.3 is 4.74 Å². The summed E-state index contributed by atoms with van der Waals surface area (Å²) in [6.45, 7) is 4.95. The lowest BCUT2D eigenvalue weighted by Gasteiger charge is -2.07. The molecule has 2 heteroatoms. The zero-order chi connectivity index (χ0) is 9.68. The highest BCUT2D eigenvalue weighted by molar-refractivity contribution is 7.80. The Labute approximate surface area is 85.5 Å². The Kier molecular flexibility index (Phi) is 4.16. The number of hydrogen-bond donors (Lipinski definition) is 1. The van der Waals surface area contributed by atoms with Crippen LogP contribution < -0.4 is 4.74 Å². The van der Waals surface area contributed by atoms with E-state index in [0.29, 0.717) is 5.25 Å². The summed E-state index contributed by atoms with van der Waals surface area (Å²) in [5.74, 6) is 0.944. The summed E-state index contributed by atoms with van der Waals surface area (Å²) in [6.07, 6.45) is 1.05. The smallest absolute Gasteiger partial charge is 0.119 e. The first kappa shape index (κ1) is 10.5. The first-order chi connectivity index (χ1) is 6.24. The second-order valence-electron chi connectivity index (χ2n) is 3.09. The average Bonchev–Trinajstić information content (AvgIpc) is 2.15. The first-order valence-corrected chi connectivity index (χ1v) is 5.16. The number of hydrogen-bond acceptors (Lipinski definition) is 2. The van der Waals surface area contributed by atoms with Crippen LogP contribution in [0.1, 0.15) is 31.1 Å². The van der Waals surface area contributed by atoms with Gasteiger partial charge in [-0.15, -0.1) is 0 Å². The van der Waals surface area contributed by atoms with Gasteiger partial charge in [-0.3, -0.25) is 0 Å². The molecule has 0 fully saturated rings. The lowest BCUT2D eigenvalue weighted by molar-refractivity contribution is 0.317. The summed E-state index contributed by atoms with van der Waals surface area (Å²) in [4.78, 5) is 0. The van der Waals surface area contributed by atoms with Crippen LogP contribution in [0.5, 0.6) is 5.75 Å². The largest absolute Gasteiger partial charge is 0.494 e. The van der Waals surface area contributed by atoms with Gasteiger partial charge in [-0.1, -0.05) is 19.1 Å². The predicted molar refractivity (Wildman–Crippen MR) is 59.6 cm³/mol. The maximum Gasteiger partial charge on any atom is 0.119 e. The first-order valence-electron chi connectivity index (χ1n) is 4.65. The predicted octanol–water partition coefficient (Wildman–Crippen LogP) is 3.47. The molecular formula is C11H16OS. The Morgan fingerprint density at radius 1 is 1.31 bits per heavy atom. The maximum atomic E-state index is 5.46. The highest BCUT2D eigenvalue weighted by atomic mass is 32.1. The van der Waals surface area contributed by atoms with Crippen molar-refractivity contribution in [3.63, 3.8) is 0 Å². The molecule has 0 bridgehead atoms. The van der Waals surface area contributed by atoms with Gasteiger partial charge in [-0.25, -0.2) is 0 Å². The minimum Gasteiger partial charge on any atom is -0.494 e. The van der Waals surface area contributed by atoms with Crippen molar-refractivity contribution < 1.29 is 4.74 Å². The van der Waals surface area contributed by atoms with Gasteiger partial charge in [0.2, 0.25) is 0 Å². The fourth-order valence-electron chi connectivity index (χ4n) is 1.06. The second-order valence-corrected chi connectivity index (χ2v) is 3.87. The van der Waals surface area contributed by atoms with Crippen LogP contribution in [0.4, 0.5) is 0 Å². The van der Waals surface area contributed by atoms with Gasteiger partial charge in [0.25, 0.3) is 0 Å². The Bertz CT molecular complexity index is 241. The molecule has 1 atom stereocenters. The highest BCUT2D eigenvalue weighted by Crippen LogP contribution is 2.21. The van der Waals surface area contributed by atoms with Crippen LogP contribution in [0.15, 0.2) is 24.3 Å². The van der Waals surface area contributed by atoms with E-state index in [0.717, 1.165) is 18.8 Å². The molecular weight excluding hydrogens is 180 g/mol. The van der Waals surface area contributed by atoms with Crippen molar-refractivity contribution in [3.8, 4) is 5.75 Å². The lowest BCUT2D eigenvalue weighted by atomic mass is 10.1. The fourth-order valence-corrected chi connectivity index (χ4v) is 1.23. The molecule has 0 aliphatic carbocycles. The summed E-state index contributed by atoms with van der Waals surface area (Å²) in [7, 11) is 0. The third-order valence-corrected chi connectivity index (χ3v) is 2.13. The number of benzene rings is 1. The highest BCUT2D eigenvalue weighted by Gasteiger charge is 1.99. The van der Waals surface area contributed by atoms with Gasteiger partial charge in [-0.05, 0) is 31.0 Å². The molecule has 0 amide bonds. The van der Waals surface area contributed by atoms with E-state index in [1.807, 2.05) is 12.1 Å². The standard InChI is InChI=1S/C11H16OS/c1-3-8-12-11-6-4-10(5-7-11)9(2)13/h4-7,9,13H,3,8H2,1-2H3. The van der Waals surface area contributed by atoms with Crippen molar-refractivity contribution >= 4 is 12.6 Å². The molecule has 1 nitrogen and oxygen atoms in total. The van der Waals surface area contributed by atoms with Crippen molar-refractivity contribution in [1.29, 1.82) is 0 Å². The maximum absolute atomic E-state index is 5.46. The van der Waals surface area contributed by atoms with Crippen LogP contribution >= 0.6 is 12.6 Å². The minimum atomic E-state index is 0.292. The van der Waals surface area contributed by atoms with E-state index in [1.165, 1.54) is 5.56 Å². The van der Waals surface area contributed by atoms with Crippen LogP contribution in [-0.2, 0) is 0 Å². The molecule has 0 saturated heterocycles. The van der Waals surface area contributed by atoms with Gasteiger partial charge in [0.05, 0.1) is 6.61 Å². The Morgan fingerprint density at radius 2 is 1.92 bits per heavy atom. The van der Waals surface area contributed by atoms with Crippen molar-refractivity contribution in [2.75, 3.05) is 6.61 Å². The van der Waals surface area contributed by atoms with Crippen LogP contribution in [0.3, 0.4) is 0 Å². The van der Waals surface area contributed by atoms with E-state index in [4.69, 9.17) is 4.74 Å². The molecule has 0 saturated carbocycles. The van der Waals surface area contributed by atoms with Crippen molar-refractivity contribution in [1.82, 2.24) is 0 Å². The van der Waals surface area contributed by atoms with Gasteiger partial charge in [0.15, 0.2) is 0 Å². The third kappa shape index (κ3) is 3.31. The molecule has 0 aliphatic heterocycles. The average molecular weight is 196 g/mol. The summed E-state index contributed by atoms with van der Waals surface area (Å²) in [5, 5.41) is 0.292. The Morgan fingerprint density at radius 3 is 2.38 bits per heavy atom. The molecule has 0 aromatic heterocycles. The molecule has 13 heavy (non-hydrogen) atoms. The van der Waals surface area contributed by atoms with Crippen molar-refractivity contribution in [2.45, 2.75) is 25.5 Å². The van der Waals surface area contributed by atoms with Gasteiger partial charge in [-0.2, -0.15) is 12.6 Å². The van der Waals surface area contributed by atoms with Crippen molar-refractivity contribution in [3.05, 3.63) is 29.8 Å². The quantitative estimate of drug-likeness (QED) is 0.725. The number of thiol groups is 1. The summed E-state index contributed by atoms with van der Waals surface area (Å²) < 4.78 is 5.46. The van der Waals surface area contributed by atoms with Gasteiger partial charge in [0, 0.05) is 5.25 Å². The summed E-state index contributed by atoms with van der Waals surface area (Å²) >= 11 is 4.35. The topological polar surface area (TPSA) is 9.23 Å². The van der Waals surface area contributed by atoms with Crippen LogP contribution in [0, 0.1) is 0 Å². The Balaban J connectivity index is 2.59. The zero-order valence-corrected chi connectivity index (χ0v) is 9.05. The molecule has 1 aromatic carbocycles. The van der Waals surface area contributed by atoms with E-state index in [-0.39, 0.29) is 0 Å². The van der Waals surface area contributed by atoms with Gasteiger partial charge >= 0.3 is 0 Å². The van der Waals surface area contributed by atoms with Gasteiger partial charge in [0.1, 0.15) is 5.75 Å². The number of rotatable bonds is 4. The lowest BCUT2D eigenvalue weighted by Crippen LogP contribution is -1.94. The molecule has 1 unspecified atom stereocenters. The van der Waals surface area contributed by atoms with E-state index >= 15 is 0 Å². The van der Waals surface area contributed by atoms with Crippen LogP contribution in [-0.4, -0.2) is 6.61 Å². The molecule has 0 heterocycles. The third-order valence-electron chi connectivity index (χ3n) is 1.84. The summed E-state index contributed by atoms with van der Waals surface area (Å²) in [5.41, 5.74) is 1.23. The van der Waals surface area contributed by atoms with E-state index in [2.05, 4.69) is 38.6 Å². The molecule has 0 N–H and O–H groups in total. The summed E-state index contributed by atoms with van der Waals surface area (Å²) in [6, 6.07) is 8.11. The number of ether oxygens (including phenoxy) is 1. The van der Waals surface area contributed by atoms with Crippen molar-refractivity contribution in [2.24, 2.45) is 0 Å². The van der Waals surface area contributed by atoms with Crippen LogP contribution in [0.2, 0.25) is 0 Å². The second kappa shape index (κ2) is 5.18.